The van der Waals surface area contributed by atoms with Crippen molar-refractivity contribution >= 4 is 23.6 Å². The molecule has 4 saturated heterocycles. The van der Waals surface area contributed by atoms with E-state index in [2.05, 4.69) is 15.5 Å². The van der Waals surface area contributed by atoms with Crippen LogP contribution in [0.3, 0.4) is 0 Å². The molecule has 6 fully saturated rings. The van der Waals surface area contributed by atoms with Gasteiger partial charge in [-0.25, -0.2) is 0 Å². The number of aliphatic hydroxyl groups is 10. The summed E-state index contributed by atoms with van der Waals surface area (Å²) in [5, 5.41) is 118. The van der Waals surface area contributed by atoms with Crippen LogP contribution in [0.2, 0.25) is 0 Å². The minimum Gasteiger partial charge on any atom is -0.508 e. The van der Waals surface area contributed by atoms with E-state index < -0.39 is 142 Å². The number of rotatable bonds is 20. The molecule has 0 radical (unpaired) electrons. The number of nitrogens with zero attached hydrogens (tertiary/aromatic N) is 1. The largest absolute Gasteiger partial charge is 0.508 e. The van der Waals surface area contributed by atoms with Gasteiger partial charge in [0.25, 0.3) is 5.91 Å². The highest BCUT2D eigenvalue weighted by Gasteiger charge is 2.55. The second-order valence-electron chi connectivity index (χ2n) is 24.7. The Kier molecular flexibility index (Phi) is 28.7. The number of nitrogens with two attached hydrogens (primary N) is 5. The van der Waals surface area contributed by atoms with Crippen molar-refractivity contribution in [1.29, 1.82) is 0 Å². The minimum atomic E-state index is -1.62. The van der Waals surface area contributed by atoms with Crippen molar-refractivity contribution in [2.24, 2.45) is 40.5 Å². The summed E-state index contributed by atoms with van der Waals surface area (Å²) in [5.74, 6) is 1.27. The highest BCUT2D eigenvalue weighted by molar-refractivity contribution is 7.99. The number of phenols is 1. The summed E-state index contributed by atoms with van der Waals surface area (Å²) < 4.78 is 34.4. The Bertz CT molecular complexity index is 2460. The number of aliphatic hydroxyl groups excluding tert-OH is 10. The van der Waals surface area contributed by atoms with Crippen LogP contribution in [0.15, 0.2) is 65.6 Å². The number of carbonyl (C=O) groups excluding carboxylic acids is 2. The molecule has 28 heteroatoms. The van der Waals surface area contributed by atoms with E-state index in [-0.39, 0.29) is 48.7 Å². The zero-order valence-corrected chi connectivity index (χ0v) is 51.8. The maximum absolute atomic E-state index is 13.5. The van der Waals surface area contributed by atoms with Crippen LogP contribution in [-0.2, 0) is 33.2 Å². The van der Waals surface area contributed by atoms with Crippen LogP contribution >= 0.6 is 11.8 Å². The quantitative estimate of drug-likeness (QED) is 0.0459. The highest BCUT2D eigenvalue weighted by Crippen LogP contribution is 2.40. The van der Waals surface area contributed by atoms with Gasteiger partial charge in [0.1, 0.15) is 72.9 Å². The Morgan fingerprint density at radius 1 is 0.739 bits per heavy atom. The number of ether oxygens (including phenoxy) is 6. The van der Waals surface area contributed by atoms with Crippen molar-refractivity contribution in [3.63, 3.8) is 0 Å². The first kappa shape index (κ1) is 73.4. The van der Waals surface area contributed by atoms with Gasteiger partial charge in [0.15, 0.2) is 18.9 Å². The Morgan fingerprint density at radius 3 is 1.92 bits per heavy atom. The summed E-state index contributed by atoms with van der Waals surface area (Å²) in [7, 11) is 0. The van der Waals surface area contributed by atoms with Crippen LogP contribution in [0.1, 0.15) is 88.6 Å². The van der Waals surface area contributed by atoms with Crippen molar-refractivity contribution in [2.75, 3.05) is 45.2 Å². The van der Waals surface area contributed by atoms with E-state index >= 15 is 0 Å². The van der Waals surface area contributed by atoms with Gasteiger partial charge in [-0.2, -0.15) is 0 Å². The van der Waals surface area contributed by atoms with E-state index in [1.807, 2.05) is 70.2 Å². The van der Waals surface area contributed by atoms with Crippen LogP contribution in [-0.4, -0.2) is 258 Å². The number of β-amino-alcohol motifs (C(OH)–C–C–N with tert-alkyl or cyclic N) is 1. The predicted octanol–water partition coefficient (Wildman–Crippen LogP) is -3.17. The lowest BCUT2D eigenvalue weighted by atomic mass is 9.72. The van der Waals surface area contributed by atoms with Crippen molar-refractivity contribution in [2.45, 2.75) is 224 Å². The van der Waals surface area contributed by atoms with Gasteiger partial charge < -0.3 is 124 Å². The molecule has 2 aliphatic carbocycles. The van der Waals surface area contributed by atoms with Crippen LogP contribution in [0, 0.1) is 18.8 Å². The normalized spacial score (nSPS) is 36.9. The van der Waals surface area contributed by atoms with Crippen molar-refractivity contribution in [1.82, 2.24) is 15.5 Å². The van der Waals surface area contributed by atoms with E-state index in [1.165, 1.54) is 12.8 Å². The molecule has 0 spiro atoms. The molecule has 2 saturated carbocycles. The molecule has 2 amide bonds. The third-order valence-electron chi connectivity index (χ3n) is 17.1. The average Bonchev–Trinajstić information content (AvgIpc) is 3.09. The molecule has 6 aliphatic rings. The standard InChI is InChI=1S/C32H45N3O4S.C23H45N5O14.C5H10O/c1-21-25(15-10-16-28(21)36)30(38)33-26(20-40-24-13-6-5-7-14-24)29(37)19-35-18-23-12-9-8-11-22(23)17-27(35)31(39)34-32(2,3)4;24-2-7-13(32)15(34)10(27)21(37-7)41-19-9(4-30)39-23(17(19)36)42-20-12(31)5(25)1-6(26)18(20)40-22-11(28)16(35)14(33)8(3-29)38-22;1-2-3-4-5-6/h5-7,10,13-16,22-23,26-27,29,36-37H,8-9,11-12,17-20H2,1-4H3,(H,33,38)(H,34,39);5-23,29-36H,1-4,24-28H2;2-3,6H,4-5H2,1H3/b;;3-2+/t22-,23+,26-,27-,29+;5-,6+,7+,8-,9-,10-,11-,12+,13-,14-,15-,16-,17-,18-,19-,20-,21-,22-,23+;/m01./s1. The highest BCUT2D eigenvalue weighted by atomic mass is 32.2. The topological polar surface area (TPSA) is 469 Å². The first-order valence-electron chi connectivity index (χ1n) is 30.5. The molecule has 0 unspecified atom stereocenters. The predicted molar refractivity (Wildman–Crippen MR) is 323 cm³/mol. The number of hydrogen-bond donors (Lipinski definition) is 18. The fraction of sp³-hybridized carbons (Fsp3) is 0.733. The van der Waals surface area contributed by atoms with E-state index in [4.69, 9.17) is 62.2 Å². The second-order valence-corrected chi connectivity index (χ2v) is 25.8. The van der Waals surface area contributed by atoms with Gasteiger partial charge in [-0.05, 0) is 96.4 Å². The number of phenolic OH excluding ortho intramolecular Hbond substituents is 1. The van der Waals surface area contributed by atoms with Gasteiger partial charge in [-0.3, -0.25) is 14.5 Å². The summed E-state index contributed by atoms with van der Waals surface area (Å²) >= 11 is 1.57. The van der Waals surface area contributed by atoms with Crippen LogP contribution < -0.4 is 39.3 Å². The van der Waals surface area contributed by atoms with Gasteiger partial charge in [0, 0.05) is 65.6 Å². The zero-order valence-electron chi connectivity index (χ0n) is 51.0. The number of benzene rings is 2. The third-order valence-corrected chi connectivity index (χ3v) is 18.2. The number of nitrogens with one attached hydrogen (secondary N) is 2. The number of thioether (sulfide) groups is 1. The maximum atomic E-state index is 13.5. The lowest BCUT2D eigenvalue weighted by Gasteiger charge is -2.47. The monoisotopic (exact) mass is 1270 g/mol. The van der Waals surface area contributed by atoms with E-state index in [9.17, 15) is 60.7 Å². The molecule has 27 nitrogen and oxygen atoms in total. The Morgan fingerprint density at radius 2 is 1.33 bits per heavy atom. The first-order valence-corrected chi connectivity index (χ1v) is 31.4. The lowest BCUT2D eigenvalue weighted by Crippen LogP contribution is -2.68. The second kappa shape index (κ2) is 34.3. The molecular formula is C60H100N8O19S. The molecule has 2 aromatic carbocycles. The first-order chi connectivity index (χ1) is 41.8. The fourth-order valence-corrected chi connectivity index (χ4v) is 13.0. The average molecular weight is 1270 g/mol. The molecule has 4 aliphatic heterocycles. The molecular weight excluding hydrogens is 1170 g/mol. The number of amides is 2. The van der Waals surface area contributed by atoms with Gasteiger partial charge >= 0.3 is 0 Å². The Labute approximate surface area is 519 Å². The zero-order chi connectivity index (χ0) is 64.7. The summed E-state index contributed by atoms with van der Waals surface area (Å²) in [4.78, 5) is 30.0. The molecule has 4 heterocycles. The Hall–Kier alpha value is -3.61. The number of piperidine rings is 1. The summed E-state index contributed by atoms with van der Waals surface area (Å²) in [6.45, 7) is 9.49. The molecule has 23 N–H and O–H groups in total. The summed E-state index contributed by atoms with van der Waals surface area (Å²) in [5.41, 5.74) is 30.4. The smallest absolute Gasteiger partial charge is 0.252 e. The fourth-order valence-electron chi connectivity index (χ4n) is 12.0. The van der Waals surface area contributed by atoms with Crippen LogP contribution in [0.25, 0.3) is 0 Å². The summed E-state index contributed by atoms with van der Waals surface area (Å²) in [6, 6.07) is 9.63. The number of aromatic hydroxyl groups is 1. The Balaban J connectivity index is 0.000000257. The maximum Gasteiger partial charge on any atom is 0.252 e. The van der Waals surface area contributed by atoms with Gasteiger partial charge in [-0.1, -0.05) is 55.7 Å². The SMILES string of the molecule is C/C=C/CCO.Cc1c(O)cccc1C(=O)N[C@@H](CSc1ccccc1)[C@H](O)CN1C[C@H]2CCCC[C@H]2C[C@H]1C(=O)NC(C)(C)C.NC[C@@H]1O[C@H](O[C@H]2[C@@H](O)[C@H](O[C@@H]3[C@@H](O)[C@H](N)C[C@H](N)[C@H]3O[C@H]3O[C@H](CO)[C@@H](O)[C@H](O)[C@H]3N)O[C@@H]2CO)[C@H](N)[C@@H](O)[C@@H]1O. The molecule has 24 atom stereocenters. The third kappa shape index (κ3) is 19.2. The van der Waals surface area contributed by atoms with Gasteiger partial charge in [-0.15, -0.1) is 11.8 Å². The van der Waals surface area contributed by atoms with Gasteiger partial charge in [0.05, 0.1) is 49.6 Å². The minimum absolute atomic E-state index is 0.0124. The molecule has 0 aromatic heterocycles. The summed E-state index contributed by atoms with van der Waals surface area (Å²) in [6.07, 6.45) is -11.2. The van der Waals surface area contributed by atoms with Crippen molar-refractivity contribution in [3.05, 3.63) is 71.8 Å². The van der Waals surface area contributed by atoms with Gasteiger partial charge in [0.2, 0.25) is 5.91 Å². The molecule has 88 heavy (non-hydrogen) atoms. The van der Waals surface area contributed by atoms with Crippen molar-refractivity contribution in [3.8, 4) is 5.75 Å². The van der Waals surface area contributed by atoms with Crippen molar-refractivity contribution < 1.29 is 94.2 Å². The van der Waals surface area contributed by atoms with E-state index in [1.54, 1.807) is 36.9 Å². The number of allylic oxidation sites excluding steroid dienone is 1. The number of likely N-dealkylation sites (tertiary alicyclic amines) is 1. The number of carbonyl (C=O) groups is 2. The number of hydrogen-bond acceptors (Lipinski definition) is 26. The molecule has 500 valence electrons. The number of fused-ring (bicyclic) bond motifs is 1. The van der Waals surface area contributed by atoms with E-state index in [0.29, 0.717) is 35.3 Å². The van der Waals surface area contributed by atoms with E-state index in [0.717, 1.165) is 37.1 Å². The molecule has 2 aromatic rings. The van der Waals surface area contributed by atoms with Crippen LogP contribution in [0.5, 0.6) is 5.75 Å². The van der Waals surface area contributed by atoms with Crippen LogP contribution in [0.4, 0.5) is 0 Å². The molecule has 0 bridgehead atoms. The lowest BCUT2D eigenvalue weighted by molar-refractivity contribution is -0.310. The molecule has 8 rings (SSSR count).